The number of sulfonamides is 1. The summed E-state index contributed by atoms with van der Waals surface area (Å²) in [4.78, 5) is 12.7. The molecule has 3 N–H and O–H groups in total. The summed E-state index contributed by atoms with van der Waals surface area (Å²) >= 11 is 0. The Morgan fingerprint density at radius 2 is 1.76 bits per heavy atom. The van der Waals surface area contributed by atoms with Crippen LogP contribution in [-0.2, 0) is 21.2 Å². The van der Waals surface area contributed by atoms with Crippen LogP contribution in [0.4, 0.5) is 4.79 Å². The van der Waals surface area contributed by atoms with Crippen molar-refractivity contribution in [2.45, 2.75) is 61.5 Å². The molecule has 10 nitrogen and oxygen atoms in total. The molecule has 2 aromatic carbocycles. The van der Waals surface area contributed by atoms with Crippen LogP contribution < -0.4 is 19.5 Å². The van der Waals surface area contributed by atoms with Crippen LogP contribution in [-0.4, -0.2) is 51.2 Å². The quantitative estimate of drug-likeness (QED) is 0.294. The SMILES string of the molecule is COc1ccc(S(=O)(=O)NC(OC2CCCC2)[C@H](O)[C@H](Cc2ccccc2)NC(=O)Oc2ccoc2)cc1. The zero-order valence-corrected chi connectivity index (χ0v) is 21.8. The van der Waals surface area contributed by atoms with Gasteiger partial charge in [0.15, 0.2) is 5.75 Å². The predicted octanol–water partition coefficient (Wildman–Crippen LogP) is 3.61. The first-order valence-corrected chi connectivity index (χ1v) is 13.9. The summed E-state index contributed by atoms with van der Waals surface area (Å²) in [5, 5.41) is 14.2. The number of rotatable bonds is 12. The van der Waals surface area contributed by atoms with Gasteiger partial charge in [0.2, 0.25) is 10.0 Å². The molecule has 0 radical (unpaired) electrons. The summed E-state index contributed by atoms with van der Waals surface area (Å²) < 4.78 is 50.4. The Labute approximate surface area is 222 Å². The first-order valence-electron chi connectivity index (χ1n) is 12.4. The molecule has 0 spiro atoms. The third kappa shape index (κ3) is 7.57. The van der Waals surface area contributed by atoms with Crippen LogP contribution >= 0.6 is 0 Å². The molecular formula is C27H32N2O8S. The molecule has 1 aliphatic rings. The Morgan fingerprint density at radius 3 is 2.39 bits per heavy atom. The minimum Gasteiger partial charge on any atom is -0.497 e. The number of aliphatic hydroxyl groups is 1. The number of hydrogen-bond acceptors (Lipinski definition) is 8. The van der Waals surface area contributed by atoms with Crippen molar-refractivity contribution in [2.75, 3.05) is 7.11 Å². The van der Waals surface area contributed by atoms with Crippen molar-refractivity contribution in [1.82, 2.24) is 10.0 Å². The number of furan rings is 1. The molecule has 3 atom stereocenters. The van der Waals surface area contributed by atoms with E-state index < -0.39 is 34.5 Å². The van der Waals surface area contributed by atoms with Gasteiger partial charge in [0.1, 0.15) is 24.3 Å². The van der Waals surface area contributed by atoms with E-state index in [1.807, 2.05) is 30.3 Å². The van der Waals surface area contributed by atoms with Crippen molar-refractivity contribution < 1.29 is 36.9 Å². The highest BCUT2D eigenvalue weighted by molar-refractivity contribution is 7.89. The van der Waals surface area contributed by atoms with Gasteiger partial charge in [0, 0.05) is 6.07 Å². The maximum Gasteiger partial charge on any atom is 0.413 e. The molecule has 3 aromatic rings. The maximum absolute atomic E-state index is 13.3. The van der Waals surface area contributed by atoms with Gasteiger partial charge in [-0.25, -0.2) is 13.2 Å². The van der Waals surface area contributed by atoms with Gasteiger partial charge >= 0.3 is 6.09 Å². The van der Waals surface area contributed by atoms with Crippen LogP contribution in [0.15, 0.2) is 82.5 Å². The Kier molecular flexibility index (Phi) is 9.40. The summed E-state index contributed by atoms with van der Waals surface area (Å²) in [6.07, 6.45) is 2.33. The molecule has 11 heteroatoms. The maximum atomic E-state index is 13.3. The predicted molar refractivity (Wildman–Crippen MR) is 138 cm³/mol. The van der Waals surface area contributed by atoms with Crippen molar-refractivity contribution in [3.63, 3.8) is 0 Å². The van der Waals surface area contributed by atoms with Crippen molar-refractivity contribution >= 4 is 16.1 Å². The number of hydrogen-bond donors (Lipinski definition) is 3. The second-order valence-electron chi connectivity index (χ2n) is 9.04. The zero-order valence-electron chi connectivity index (χ0n) is 21.0. The molecule has 1 aromatic heterocycles. The fraction of sp³-hybridized carbons (Fsp3) is 0.370. The summed E-state index contributed by atoms with van der Waals surface area (Å²) in [5.74, 6) is 0.695. The lowest BCUT2D eigenvalue weighted by atomic mass is 10.0. The summed E-state index contributed by atoms with van der Waals surface area (Å²) in [6, 6.07) is 15.6. The first kappa shape index (κ1) is 27.6. The monoisotopic (exact) mass is 544 g/mol. The topological polar surface area (TPSA) is 136 Å². The number of ether oxygens (including phenoxy) is 3. The van der Waals surface area contributed by atoms with Crippen molar-refractivity contribution in [3.05, 3.63) is 78.8 Å². The highest BCUT2D eigenvalue weighted by Crippen LogP contribution is 2.25. The van der Waals surface area contributed by atoms with Crippen molar-refractivity contribution in [3.8, 4) is 11.5 Å². The highest BCUT2D eigenvalue weighted by atomic mass is 32.2. The van der Waals surface area contributed by atoms with Gasteiger partial charge in [0.05, 0.1) is 30.4 Å². The lowest BCUT2D eigenvalue weighted by molar-refractivity contribution is -0.0895. The van der Waals surface area contributed by atoms with E-state index in [2.05, 4.69) is 10.0 Å². The Bertz CT molecular complexity index is 1240. The minimum absolute atomic E-state index is 0.0162. The van der Waals surface area contributed by atoms with Gasteiger partial charge in [-0.3, -0.25) is 0 Å². The van der Waals surface area contributed by atoms with E-state index in [1.54, 1.807) is 0 Å². The van der Waals surface area contributed by atoms with E-state index in [0.717, 1.165) is 31.2 Å². The van der Waals surface area contributed by atoms with E-state index in [1.165, 1.54) is 50.0 Å². The fourth-order valence-corrected chi connectivity index (χ4v) is 5.45. The molecule has 38 heavy (non-hydrogen) atoms. The average Bonchev–Trinajstić information content (AvgIpc) is 3.62. The molecule has 1 heterocycles. The lowest BCUT2D eigenvalue weighted by Crippen LogP contribution is -2.57. The zero-order chi connectivity index (χ0) is 27.0. The molecule has 1 amide bonds. The number of aliphatic hydroxyl groups excluding tert-OH is 1. The molecule has 4 rings (SSSR count). The molecule has 1 unspecified atom stereocenters. The van der Waals surface area contributed by atoms with E-state index >= 15 is 0 Å². The van der Waals surface area contributed by atoms with Gasteiger partial charge in [-0.1, -0.05) is 43.2 Å². The summed E-state index contributed by atoms with van der Waals surface area (Å²) in [5.41, 5.74) is 0.817. The third-order valence-electron chi connectivity index (χ3n) is 6.31. The lowest BCUT2D eigenvalue weighted by Gasteiger charge is -2.32. The molecule has 1 saturated carbocycles. The minimum atomic E-state index is -4.09. The highest BCUT2D eigenvalue weighted by Gasteiger charge is 2.36. The van der Waals surface area contributed by atoms with E-state index in [4.69, 9.17) is 18.6 Å². The molecular weight excluding hydrogens is 512 g/mol. The largest absolute Gasteiger partial charge is 0.497 e. The van der Waals surface area contributed by atoms with Crippen molar-refractivity contribution in [1.29, 1.82) is 0 Å². The molecule has 0 bridgehead atoms. The molecule has 0 aliphatic heterocycles. The van der Waals surface area contributed by atoms with Crippen LogP contribution in [0, 0.1) is 0 Å². The second kappa shape index (κ2) is 12.9. The number of carbonyl (C=O) groups excluding carboxylic acids is 1. The van der Waals surface area contributed by atoms with Gasteiger partial charge in [0.25, 0.3) is 0 Å². The summed E-state index contributed by atoms with van der Waals surface area (Å²) in [7, 11) is -2.61. The molecule has 204 valence electrons. The number of benzene rings is 2. The van der Waals surface area contributed by atoms with E-state index in [0.29, 0.717) is 5.75 Å². The van der Waals surface area contributed by atoms with Gasteiger partial charge < -0.3 is 29.1 Å². The van der Waals surface area contributed by atoms with Crippen LogP contribution in [0.25, 0.3) is 0 Å². The normalized spacial score (nSPS) is 16.5. The number of nitrogens with one attached hydrogen (secondary N) is 2. The van der Waals surface area contributed by atoms with Gasteiger partial charge in [-0.05, 0) is 49.1 Å². The number of methoxy groups -OCH3 is 1. The van der Waals surface area contributed by atoms with Crippen molar-refractivity contribution in [2.24, 2.45) is 0 Å². The second-order valence-corrected chi connectivity index (χ2v) is 10.8. The Hall–Kier alpha value is -3.38. The molecule has 1 fully saturated rings. The van der Waals surface area contributed by atoms with E-state index in [9.17, 15) is 18.3 Å². The van der Waals surface area contributed by atoms with Crippen LogP contribution in [0.1, 0.15) is 31.2 Å². The number of carbonyl (C=O) groups is 1. The van der Waals surface area contributed by atoms with Gasteiger partial charge in [-0.15, -0.1) is 0 Å². The van der Waals surface area contributed by atoms with Crippen LogP contribution in [0.3, 0.4) is 0 Å². The number of amides is 1. The Morgan fingerprint density at radius 1 is 1.05 bits per heavy atom. The first-order chi connectivity index (χ1) is 18.3. The van der Waals surface area contributed by atoms with Crippen LogP contribution in [0.5, 0.6) is 11.5 Å². The van der Waals surface area contributed by atoms with Crippen LogP contribution in [0.2, 0.25) is 0 Å². The smallest absolute Gasteiger partial charge is 0.413 e. The summed E-state index contributed by atoms with van der Waals surface area (Å²) in [6.45, 7) is 0. The molecule has 1 aliphatic carbocycles. The Balaban J connectivity index is 1.58. The van der Waals surface area contributed by atoms with E-state index in [-0.39, 0.29) is 23.2 Å². The fourth-order valence-electron chi connectivity index (χ4n) is 4.32. The third-order valence-corrected chi connectivity index (χ3v) is 7.75. The molecule has 0 saturated heterocycles. The average molecular weight is 545 g/mol. The van der Waals surface area contributed by atoms with Gasteiger partial charge in [-0.2, -0.15) is 4.72 Å². The standard InChI is InChI=1S/C27H32N2O8S/c1-34-20-11-13-23(14-12-20)38(32,33)29-26(36-21-9-5-6-10-21)25(30)24(17-19-7-3-2-4-8-19)28-27(31)37-22-15-16-35-18-22/h2-4,7-8,11-16,18,21,24-26,29-30H,5-6,9-10,17H2,1H3,(H,28,31)/t24-,25+,26?/m0/s1.